The molecule has 0 spiro atoms. The molecule has 0 bridgehead atoms. The van der Waals surface area contributed by atoms with Crippen molar-refractivity contribution in [3.8, 4) is 12.1 Å². The Hall–Kier alpha value is -3.86. The molecule has 11 heteroatoms. The Kier molecular flexibility index (Phi) is 6.49. The maximum atomic E-state index is 13.4. The summed E-state index contributed by atoms with van der Waals surface area (Å²) in [7, 11) is 0. The molecule has 0 aliphatic heterocycles. The van der Waals surface area contributed by atoms with Gasteiger partial charge in [-0.2, -0.15) is 10.5 Å². The van der Waals surface area contributed by atoms with Crippen molar-refractivity contribution < 1.29 is 13.7 Å². The van der Waals surface area contributed by atoms with Crippen molar-refractivity contribution in [3.05, 3.63) is 46.3 Å². The number of nitrogens with one attached hydrogen (secondary N) is 1. The third-order valence-electron chi connectivity index (χ3n) is 3.45. The summed E-state index contributed by atoms with van der Waals surface area (Å²) in [6.45, 7) is 0.251. The van der Waals surface area contributed by atoms with E-state index in [0.717, 1.165) is 18.5 Å². The fraction of sp³-hybridized carbons (Fsp3) is 0.250. The lowest BCUT2D eigenvalue weighted by Crippen LogP contribution is -2.27. The molecule has 9 nitrogen and oxygen atoms in total. The molecule has 1 aromatic heterocycles. The van der Waals surface area contributed by atoms with Crippen LogP contribution in [0.2, 0.25) is 0 Å². The summed E-state index contributed by atoms with van der Waals surface area (Å²) < 4.78 is 26.4. The van der Waals surface area contributed by atoms with E-state index in [2.05, 4.69) is 15.3 Å². The lowest BCUT2D eigenvalue weighted by molar-refractivity contribution is -0.383. The van der Waals surface area contributed by atoms with Gasteiger partial charge in [-0.1, -0.05) is 0 Å². The van der Waals surface area contributed by atoms with Gasteiger partial charge >= 0.3 is 5.69 Å². The summed E-state index contributed by atoms with van der Waals surface area (Å²) >= 11 is 0. The van der Waals surface area contributed by atoms with E-state index in [1.807, 2.05) is 12.1 Å². The summed E-state index contributed by atoms with van der Waals surface area (Å²) in [4.78, 5) is 20.0. The van der Waals surface area contributed by atoms with Crippen LogP contribution in [0.5, 0.6) is 0 Å². The number of halogens is 2. The predicted molar refractivity (Wildman–Crippen MR) is 91.0 cm³/mol. The van der Waals surface area contributed by atoms with Crippen molar-refractivity contribution in [2.24, 2.45) is 0 Å². The maximum absolute atomic E-state index is 13.4. The molecule has 2 rings (SSSR count). The quantitative estimate of drug-likeness (QED) is 0.551. The van der Waals surface area contributed by atoms with Crippen LogP contribution in [0.1, 0.15) is 12.8 Å². The molecule has 27 heavy (non-hydrogen) atoms. The van der Waals surface area contributed by atoms with Crippen LogP contribution in [-0.2, 0) is 0 Å². The van der Waals surface area contributed by atoms with Crippen LogP contribution in [0.4, 0.5) is 31.8 Å². The maximum Gasteiger partial charge on any atom is 0.353 e. The van der Waals surface area contributed by atoms with Crippen LogP contribution in [0.25, 0.3) is 0 Å². The minimum absolute atomic E-state index is 0.0576. The van der Waals surface area contributed by atoms with Crippen molar-refractivity contribution in [3.63, 3.8) is 0 Å². The first-order valence-electron chi connectivity index (χ1n) is 7.68. The van der Waals surface area contributed by atoms with Gasteiger partial charge in [0.15, 0.2) is 11.6 Å². The molecule has 0 amide bonds. The van der Waals surface area contributed by atoms with Gasteiger partial charge in [0.1, 0.15) is 6.33 Å². The molecule has 0 radical (unpaired) electrons. The van der Waals surface area contributed by atoms with Gasteiger partial charge in [0.2, 0.25) is 11.6 Å². The van der Waals surface area contributed by atoms with Crippen molar-refractivity contribution in [2.75, 3.05) is 23.3 Å². The number of hydrogen-bond donors (Lipinski definition) is 1. The molecule has 0 saturated heterocycles. The smallest absolute Gasteiger partial charge is 0.349 e. The zero-order valence-corrected chi connectivity index (χ0v) is 13.9. The van der Waals surface area contributed by atoms with E-state index in [9.17, 15) is 18.9 Å². The monoisotopic (exact) mass is 373 g/mol. The fourth-order valence-corrected chi connectivity index (χ4v) is 2.26. The molecule has 1 aromatic carbocycles. The van der Waals surface area contributed by atoms with Gasteiger partial charge in [0, 0.05) is 24.8 Å². The number of nitriles is 2. The third-order valence-corrected chi connectivity index (χ3v) is 3.45. The number of anilines is 3. The Morgan fingerprint density at radius 1 is 1.15 bits per heavy atom. The zero-order valence-electron chi connectivity index (χ0n) is 13.9. The second kappa shape index (κ2) is 9.01. The standard InChI is InChI=1S/C16H13F2N7O2/c17-12-4-3-11(9-13(12)18)23-15-14(25(26)27)16(22-10-21-15)24(7-1-5-19)8-2-6-20/h3-4,9-10H,1-2,7-8H2,(H,21,22,23). The number of hydrogen-bond acceptors (Lipinski definition) is 8. The Balaban J connectivity index is 2.45. The fourth-order valence-electron chi connectivity index (χ4n) is 2.26. The third kappa shape index (κ3) is 4.83. The highest BCUT2D eigenvalue weighted by Crippen LogP contribution is 2.33. The van der Waals surface area contributed by atoms with E-state index in [0.29, 0.717) is 0 Å². The van der Waals surface area contributed by atoms with Gasteiger partial charge in [-0.25, -0.2) is 18.7 Å². The minimum Gasteiger partial charge on any atom is -0.349 e. The SMILES string of the molecule is N#CCCN(CCC#N)c1ncnc(Nc2ccc(F)c(F)c2)c1[N+](=O)[O-]. The molecule has 0 fully saturated rings. The van der Waals surface area contributed by atoms with E-state index < -0.39 is 22.2 Å². The highest BCUT2D eigenvalue weighted by Gasteiger charge is 2.27. The van der Waals surface area contributed by atoms with Crippen molar-refractivity contribution in [2.45, 2.75) is 12.8 Å². The van der Waals surface area contributed by atoms with Crippen LogP contribution in [0.3, 0.4) is 0 Å². The molecule has 138 valence electrons. The molecule has 1 heterocycles. The van der Waals surface area contributed by atoms with Crippen LogP contribution >= 0.6 is 0 Å². The highest BCUT2D eigenvalue weighted by molar-refractivity contribution is 5.74. The van der Waals surface area contributed by atoms with Gasteiger partial charge in [-0.3, -0.25) is 10.1 Å². The largest absolute Gasteiger partial charge is 0.353 e. The second-order valence-electron chi connectivity index (χ2n) is 5.21. The number of aromatic nitrogens is 2. The van der Waals surface area contributed by atoms with Crippen LogP contribution in [-0.4, -0.2) is 28.0 Å². The number of nitro groups is 1. The van der Waals surface area contributed by atoms with E-state index >= 15 is 0 Å². The lowest BCUT2D eigenvalue weighted by Gasteiger charge is -2.21. The summed E-state index contributed by atoms with van der Waals surface area (Å²) in [5.41, 5.74) is -0.444. The van der Waals surface area contributed by atoms with Gasteiger partial charge in [0.05, 0.1) is 29.9 Å². The molecule has 1 N–H and O–H groups in total. The Bertz CT molecular complexity index is 906. The number of rotatable bonds is 8. The summed E-state index contributed by atoms with van der Waals surface area (Å²) in [5.74, 6) is -2.49. The van der Waals surface area contributed by atoms with Crippen LogP contribution in [0.15, 0.2) is 24.5 Å². The number of benzene rings is 1. The average molecular weight is 373 g/mol. The lowest BCUT2D eigenvalue weighted by atomic mass is 10.2. The predicted octanol–water partition coefficient (Wildman–Crippen LogP) is 3.04. The molecule has 2 aromatic rings. The number of nitrogens with zero attached hydrogens (tertiary/aromatic N) is 6. The van der Waals surface area contributed by atoms with E-state index in [-0.39, 0.29) is 43.3 Å². The van der Waals surface area contributed by atoms with Gasteiger partial charge in [-0.05, 0) is 12.1 Å². The molecule has 0 aliphatic rings. The summed E-state index contributed by atoms with van der Waals surface area (Å²) in [6.07, 6.45) is 1.20. The first kappa shape index (κ1) is 19.5. The van der Waals surface area contributed by atoms with E-state index in [1.54, 1.807) is 0 Å². The van der Waals surface area contributed by atoms with Gasteiger partial charge < -0.3 is 10.2 Å². The molecule has 0 unspecified atom stereocenters. The van der Waals surface area contributed by atoms with Gasteiger partial charge in [-0.15, -0.1) is 0 Å². The van der Waals surface area contributed by atoms with Crippen LogP contribution in [0, 0.1) is 44.4 Å². The summed E-state index contributed by atoms with van der Waals surface area (Å²) in [6, 6.07) is 6.77. The summed E-state index contributed by atoms with van der Waals surface area (Å²) in [5, 5.41) is 31.7. The first-order valence-corrected chi connectivity index (χ1v) is 7.68. The van der Waals surface area contributed by atoms with E-state index in [4.69, 9.17) is 10.5 Å². The van der Waals surface area contributed by atoms with Crippen molar-refractivity contribution >= 4 is 23.0 Å². The highest BCUT2D eigenvalue weighted by atomic mass is 19.2. The Labute approximate surface area is 152 Å². The van der Waals surface area contributed by atoms with Crippen molar-refractivity contribution in [1.29, 1.82) is 10.5 Å². The Morgan fingerprint density at radius 3 is 2.37 bits per heavy atom. The molecular formula is C16H13F2N7O2. The van der Waals surface area contributed by atoms with E-state index in [1.165, 1.54) is 11.0 Å². The van der Waals surface area contributed by atoms with Crippen LogP contribution < -0.4 is 10.2 Å². The van der Waals surface area contributed by atoms with Crippen molar-refractivity contribution in [1.82, 2.24) is 9.97 Å². The van der Waals surface area contributed by atoms with Gasteiger partial charge in [0.25, 0.3) is 0 Å². The molecule has 0 saturated carbocycles. The normalized spacial score (nSPS) is 9.93. The first-order chi connectivity index (χ1) is 13.0. The molecule has 0 atom stereocenters. The molecular weight excluding hydrogens is 360 g/mol. The minimum atomic E-state index is -1.12. The topological polar surface area (TPSA) is 132 Å². The zero-order chi connectivity index (χ0) is 19.8. The second-order valence-corrected chi connectivity index (χ2v) is 5.21. The average Bonchev–Trinajstić information content (AvgIpc) is 2.64. The molecule has 0 aliphatic carbocycles. The Morgan fingerprint density at radius 2 is 1.81 bits per heavy atom.